The lowest BCUT2D eigenvalue weighted by molar-refractivity contribution is -0.401. The van der Waals surface area contributed by atoms with E-state index in [0.717, 1.165) is 13.1 Å². The van der Waals surface area contributed by atoms with Crippen molar-refractivity contribution in [2.75, 3.05) is 13.1 Å². The molecular formula is C13H15N5O3. The number of rotatable bonds is 6. The molecule has 0 amide bonds. The van der Waals surface area contributed by atoms with Crippen LogP contribution in [-0.4, -0.2) is 39.2 Å². The van der Waals surface area contributed by atoms with E-state index in [4.69, 9.17) is 4.42 Å². The maximum absolute atomic E-state index is 10.6. The molecule has 0 spiro atoms. The molecule has 2 aromatic heterocycles. The summed E-state index contributed by atoms with van der Waals surface area (Å²) in [4.78, 5) is 24.5. The van der Waals surface area contributed by atoms with Crippen molar-refractivity contribution in [2.24, 2.45) is 4.99 Å². The van der Waals surface area contributed by atoms with Gasteiger partial charge in [-0.15, -0.1) is 0 Å². The summed E-state index contributed by atoms with van der Waals surface area (Å²) in [7, 11) is 0. The van der Waals surface area contributed by atoms with Crippen LogP contribution in [0.4, 0.5) is 11.7 Å². The fraction of sp³-hybridized carbons (Fsp3) is 0.308. The Labute approximate surface area is 121 Å². The first-order chi connectivity index (χ1) is 10.1. The van der Waals surface area contributed by atoms with E-state index >= 15 is 0 Å². The van der Waals surface area contributed by atoms with Gasteiger partial charge in [-0.25, -0.2) is 15.0 Å². The van der Waals surface area contributed by atoms with E-state index in [2.05, 4.69) is 15.0 Å². The van der Waals surface area contributed by atoms with E-state index < -0.39 is 4.92 Å². The zero-order chi connectivity index (χ0) is 15.2. The quantitative estimate of drug-likeness (QED) is 0.351. The number of aliphatic imine (C=N–C) groups is 1. The molecule has 0 atom stereocenters. The minimum atomic E-state index is -0.605. The van der Waals surface area contributed by atoms with Crippen LogP contribution in [0.3, 0.4) is 0 Å². The van der Waals surface area contributed by atoms with Crippen LogP contribution >= 0.6 is 0 Å². The largest absolute Gasteiger partial charge is 0.433 e. The molecular weight excluding hydrogens is 274 g/mol. The van der Waals surface area contributed by atoms with Gasteiger partial charge in [-0.3, -0.25) is 10.1 Å². The molecule has 21 heavy (non-hydrogen) atoms. The Kier molecular flexibility index (Phi) is 4.60. The predicted octanol–water partition coefficient (Wildman–Crippen LogP) is 2.65. The van der Waals surface area contributed by atoms with Gasteiger partial charge in [0.1, 0.15) is 4.92 Å². The molecule has 0 aromatic carbocycles. The summed E-state index contributed by atoms with van der Waals surface area (Å²) >= 11 is 0. The van der Waals surface area contributed by atoms with Gasteiger partial charge in [0.25, 0.3) is 0 Å². The maximum atomic E-state index is 10.6. The summed E-state index contributed by atoms with van der Waals surface area (Å²) in [6.07, 6.45) is 3.24. The zero-order valence-electron chi connectivity index (χ0n) is 11.8. The second kappa shape index (κ2) is 6.60. The number of hydrogen-bond acceptors (Lipinski definition) is 6. The standard InChI is InChI=1S/C13H15N5O3/c1-3-17(4-2)9-15-11-7-8-14-13(16-11)10-5-6-12(21-10)18(19)20/h5-9H,3-4H2,1-2H3. The first kappa shape index (κ1) is 14.6. The van der Waals surface area contributed by atoms with Crippen molar-refractivity contribution in [3.63, 3.8) is 0 Å². The van der Waals surface area contributed by atoms with Gasteiger partial charge in [-0.2, -0.15) is 0 Å². The lowest BCUT2D eigenvalue weighted by Crippen LogP contribution is -2.20. The molecule has 0 saturated heterocycles. The van der Waals surface area contributed by atoms with Gasteiger partial charge >= 0.3 is 5.88 Å². The normalized spacial score (nSPS) is 11.0. The van der Waals surface area contributed by atoms with Crippen LogP contribution in [0, 0.1) is 10.1 Å². The fourth-order valence-electron chi connectivity index (χ4n) is 1.61. The molecule has 110 valence electrons. The van der Waals surface area contributed by atoms with E-state index in [1.54, 1.807) is 12.4 Å². The average molecular weight is 289 g/mol. The molecule has 2 heterocycles. The average Bonchev–Trinajstić information content (AvgIpc) is 2.99. The lowest BCUT2D eigenvalue weighted by Gasteiger charge is -2.12. The lowest BCUT2D eigenvalue weighted by atomic mass is 10.4. The molecule has 0 saturated carbocycles. The highest BCUT2D eigenvalue weighted by Crippen LogP contribution is 2.24. The number of nitrogens with zero attached hydrogens (tertiary/aromatic N) is 5. The van der Waals surface area contributed by atoms with Crippen molar-refractivity contribution in [2.45, 2.75) is 13.8 Å². The maximum Gasteiger partial charge on any atom is 0.433 e. The van der Waals surface area contributed by atoms with Gasteiger partial charge in [0, 0.05) is 25.4 Å². The molecule has 8 nitrogen and oxygen atoms in total. The van der Waals surface area contributed by atoms with Crippen LogP contribution in [0.5, 0.6) is 0 Å². The van der Waals surface area contributed by atoms with Crippen LogP contribution in [0.2, 0.25) is 0 Å². The van der Waals surface area contributed by atoms with E-state index in [9.17, 15) is 10.1 Å². The first-order valence-electron chi connectivity index (χ1n) is 6.50. The van der Waals surface area contributed by atoms with Crippen molar-refractivity contribution in [1.82, 2.24) is 14.9 Å². The number of hydrogen-bond donors (Lipinski definition) is 0. The van der Waals surface area contributed by atoms with Gasteiger partial charge in [-0.1, -0.05) is 0 Å². The van der Waals surface area contributed by atoms with Crippen LogP contribution in [0.1, 0.15) is 13.8 Å². The van der Waals surface area contributed by atoms with Crippen molar-refractivity contribution in [3.8, 4) is 11.6 Å². The minimum absolute atomic E-state index is 0.238. The first-order valence-corrected chi connectivity index (χ1v) is 6.50. The molecule has 0 aliphatic carbocycles. The molecule has 0 fully saturated rings. The van der Waals surface area contributed by atoms with Crippen LogP contribution < -0.4 is 0 Å². The second-order valence-corrected chi connectivity index (χ2v) is 4.10. The Balaban J connectivity index is 2.22. The van der Waals surface area contributed by atoms with Crippen LogP contribution in [-0.2, 0) is 0 Å². The van der Waals surface area contributed by atoms with E-state index in [1.165, 1.54) is 18.3 Å². The summed E-state index contributed by atoms with van der Waals surface area (Å²) in [6.45, 7) is 5.76. The van der Waals surface area contributed by atoms with Gasteiger partial charge in [0.2, 0.25) is 0 Å². The predicted molar refractivity (Wildman–Crippen MR) is 77.5 cm³/mol. The molecule has 0 unspecified atom stereocenters. The topological polar surface area (TPSA) is 97.7 Å². The Bertz CT molecular complexity index is 649. The van der Waals surface area contributed by atoms with Crippen molar-refractivity contribution in [1.29, 1.82) is 0 Å². The summed E-state index contributed by atoms with van der Waals surface area (Å²) in [5.74, 6) is 0.621. The molecule has 0 N–H and O–H groups in total. The van der Waals surface area contributed by atoms with E-state index in [1.807, 2.05) is 18.7 Å². The molecule has 8 heteroatoms. The molecule has 0 bridgehead atoms. The van der Waals surface area contributed by atoms with Gasteiger partial charge < -0.3 is 9.32 Å². The Morgan fingerprint density at radius 3 is 2.76 bits per heavy atom. The second-order valence-electron chi connectivity index (χ2n) is 4.10. The summed E-state index contributed by atoms with van der Waals surface area (Å²) in [5.41, 5.74) is 0. The Morgan fingerprint density at radius 2 is 2.14 bits per heavy atom. The van der Waals surface area contributed by atoms with E-state index in [-0.39, 0.29) is 17.5 Å². The summed E-state index contributed by atoms with van der Waals surface area (Å²) in [5, 5.41) is 10.6. The molecule has 2 aromatic rings. The smallest absolute Gasteiger partial charge is 0.397 e. The third kappa shape index (κ3) is 3.62. The van der Waals surface area contributed by atoms with Gasteiger partial charge in [-0.05, 0) is 19.9 Å². The number of nitro groups is 1. The highest BCUT2D eigenvalue weighted by Gasteiger charge is 2.14. The Morgan fingerprint density at radius 1 is 1.38 bits per heavy atom. The molecule has 0 radical (unpaired) electrons. The van der Waals surface area contributed by atoms with Gasteiger partial charge in [0.05, 0.1) is 12.4 Å². The Hall–Kier alpha value is -2.77. The molecule has 0 aliphatic rings. The summed E-state index contributed by atoms with van der Waals surface area (Å²) < 4.78 is 5.07. The zero-order valence-corrected chi connectivity index (χ0v) is 11.8. The fourth-order valence-corrected chi connectivity index (χ4v) is 1.61. The van der Waals surface area contributed by atoms with Crippen LogP contribution in [0.15, 0.2) is 33.8 Å². The highest BCUT2D eigenvalue weighted by atomic mass is 16.6. The minimum Gasteiger partial charge on any atom is -0.397 e. The van der Waals surface area contributed by atoms with E-state index in [0.29, 0.717) is 5.82 Å². The van der Waals surface area contributed by atoms with Crippen molar-refractivity contribution >= 4 is 18.0 Å². The number of aromatic nitrogens is 2. The monoisotopic (exact) mass is 289 g/mol. The summed E-state index contributed by atoms with van der Waals surface area (Å²) in [6, 6.07) is 4.39. The number of furan rings is 1. The molecule has 0 aliphatic heterocycles. The third-order valence-electron chi connectivity index (χ3n) is 2.80. The SMILES string of the molecule is CCN(C=Nc1ccnc(-c2ccc([N+](=O)[O-])o2)n1)CC. The molecule has 2 rings (SSSR count). The van der Waals surface area contributed by atoms with Crippen LogP contribution in [0.25, 0.3) is 11.6 Å². The van der Waals surface area contributed by atoms with Crippen molar-refractivity contribution in [3.05, 3.63) is 34.5 Å². The highest BCUT2D eigenvalue weighted by molar-refractivity contribution is 5.60. The van der Waals surface area contributed by atoms with Gasteiger partial charge in [0.15, 0.2) is 17.4 Å². The third-order valence-corrected chi connectivity index (χ3v) is 2.80. The van der Waals surface area contributed by atoms with Crippen molar-refractivity contribution < 1.29 is 9.34 Å².